The standard InChI is InChI=1S/C30H26Br2O6/c1-29(2)17-11-35-19-7-5-13(31)9-15(19)21(17)23-26(34)28-24(25(33)27(23)37-29)22-16-10-14(32)6-8-20(16)36-12-18(22)30(3,4)38-28/h5-10,17-18,21-22H,11-12H2,1-4H3/t17-,18+,21+,22-. The van der Waals surface area contributed by atoms with E-state index in [1.165, 1.54) is 0 Å². The fourth-order valence-corrected chi connectivity index (χ4v) is 7.59. The maximum Gasteiger partial charge on any atom is 0.228 e. The largest absolute Gasteiger partial charge is 0.493 e. The van der Waals surface area contributed by atoms with Gasteiger partial charge in [-0.15, -0.1) is 0 Å². The van der Waals surface area contributed by atoms with Gasteiger partial charge in [-0.25, -0.2) is 0 Å². The highest BCUT2D eigenvalue weighted by molar-refractivity contribution is 9.10. The average Bonchev–Trinajstić information content (AvgIpc) is 2.86. The minimum Gasteiger partial charge on any atom is -0.493 e. The van der Waals surface area contributed by atoms with Gasteiger partial charge in [0, 0.05) is 43.7 Å². The van der Waals surface area contributed by atoms with E-state index in [0.717, 1.165) is 20.1 Å². The zero-order chi connectivity index (χ0) is 26.7. The summed E-state index contributed by atoms with van der Waals surface area (Å²) in [4.78, 5) is 29.0. The fraction of sp³-hybridized carbons (Fsp3) is 0.400. The molecule has 0 saturated heterocycles. The topological polar surface area (TPSA) is 71.1 Å². The fourth-order valence-electron chi connectivity index (χ4n) is 6.83. The molecule has 0 aromatic heterocycles. The van der Waals surface area contributed by atoms with Crippen molar-refractivity contribution in [3.8, 4) is 11.5 Å². The summed E-state index contributed by atoms with van der Waals surface area (Å²) in [6, 6.07) is 11.6. The number of fused-ring (bicyclic) bond motifs is 8. The van der Waals surface area contributed by atoms with Crippen LogP contribution in [0.15, 0.2) is 68.0 Å². The van der Waals surface area contributed by atoms with E-state index in [9.17, 15) is 9.59 Å². The van der Waals surface area contributed by atoms with Crippen LogP contribution in [0.3, 0.4) is 0 Å². The molecule has 8 heteroatoms. The van der Waals surface area contributed by atoms with E-state index >= 15 is 0 Å². The summed E-state index contributed by atoms with van der Waals surface area (Å²) in [5.41, 5.74) is 1.02. The van der Waals surface area contributed by atoms with Gasteiger partial charge in [0.05, 0.1) is 24.4 Å². The summed E-state index contributed by atoms with van der Waals surface area (Å²) in [7, 11) is 0. The number of carbonyl (C=O) groups excluding carboxylic acids is 2. The molecule has 0 N–H and O–H groups in total. The Labute approximate surface area is 237 Å². The predicted molar refractivity (Wildman–Crippen MR) is 146 cm³/mol. The van der Waals surface area contributed by atoms with Gasteiger partial charge in [0.25, 0.3) is 0 Å². The number of carbonyl (C=O) groups is 2. The summed E-state index contributed by atoms with van der Waals surface area (Å²) in [6.45, 7) is 8.62. The summed E-state index contributed by atoms with van der Waals surface area (Å²) in [6.07, 6.45) is 0. The smallest absolute Gasteiger partial charge is 0.228 e. The first-order valence-corrected chi connectivity index (χ1v) is 14.4. The molecule has 1 aliphatic carbocycles. The van der Waals surface area contributed by atoms with Gasteiger partial charge < -0.3 is 18.9 Å². The Balaban J connectivity index is 1.45. The second-order valence-electron chi connectivity index (χ2n) is 11.7. The third-order valence-corrected chi connectivity index (χ3v) is 9.77. The summed E-state index contributed by atoms with van der Waals surface area (Å²) < 4.78 is 26.9. The minimum absolute atomic E-state index is 0.137. The number of ketones is 2. The van der Waals surface area contributed by atoms with Crippen molar-refractivity contribution in [3.63, 3.8) is 0 Å². The van der Waals surface area contributed by atoms with Gasteiger partial charge in [0.1, 0.15) is 22.7 Å². The Hall–Kier alpha value is -2.58. The quantitative estimate of drug-likeness (QED) is 0.311. The van der Waals surface area contributed by atoms with Crippen molar-refractivity contribution < 1.29 is 28.5 Å². The maximum atomic E-state index is 14.5. The molecule has 0 bridgehead atoms. The van der Waals surface area contributed by atoms with Gasteiger partial charge in [0.2, 0.25) is 11.6 Å². The van der Waals surface area contributed by atoms with Crippen molar-refractivity contribution in [2.75, 3.05) is 13.2 Å². The molecule has 4 atom stereocenters. The molecule has 0 radical (unpaired) electrons. The summed E-state index contributed by atoms with van der Waals surface area (Å²) >= 11 is 7.15. The zero-order valence-electron chi connectivity index (χ0n) is 21.4. The maximum absolute atomic E-state index is 14.5. The lowest BCUT2D eigenvalue weighted by molar-refractivity contribution is -0.139. The van der Waals surface area contributed by atoms with E-state index in [2.05, 4.69) is 31.9 Å². The van der Waals surface area contributed by atoms with E-state index in [-0.39, 0.29) is 46.8 Å². The molecule has 7 rings (SSSR count). The Morgan fingerprint density at radius 2 is 1.08 bits per heavy atom. The van der Waals surface area contributed by atoms with Crippen LogP contribution in [0.5, 0.6) is 11.5 Å². The highest BCUT2D eigenvalue weighted by Gasteiger charge is 2.59. The van der Waals surface area contributed by atoms with Crippen LogP contribution >= 0.6 is 31.9 Å². The van der Waals surface area contributed by atoms with E-state index in [1.807, 2.05) is 64.1 Å². The van der Waals surface area contributed by atoms with Crippen LogP contribution in [0.4, 0.5) is 0 Å². The van der Waals surface area contributed by atoms with Crippen molar-refractivity contribution >= 4 is 43.4 Å². The molecule has 2 aromatic rings. The second-order valence-corrected chi connectivity index (χ2v) is 13.5. The first-order valence-electron chi connectivity index (χ1n) is 12.8. The van der Waals surface area contributed by atoms with Gasteiger partial charge >= 0.3 is 0 Å². The third kappa shape index (κ3) is 3.28. The van der Waals surface area contributed by atoms with Crippen LogP contribution in [0.25, 0.3) is 0 Å². The number of ether oxygens (including phenoxy) is 4. The average molecular weight is 642 g/mol. The monoisotopic (exact) mass is 640 g/mol. The molecule has 0 spiro atoms. The lowest BCUT2D eigenvalue weighted by Crippen LogP contribution is -2.54. The van der Waals surface area contributed by atoms with Crippen molar-refractivity contribution in [2.45, 2.75) is 50.7 Å². The van der Waals surface area contributed by atoms with E-state index in [1.54, 1.807) is 0 Å². The molecule has 0 amide bonds. The molecule has 4 aliphatic heterocycles. The van der Waals surface area contributed by atoms with Gasteiger partial charge in [-0.1, -0.05) is 31.9 Å². The van der Waals surface area contributed by atoms with Crippen LogP contribution in [0.2, 0.25) is 0 Å². The number of benzene rings is 2. The summed E-state index contributed by atoms with van der Waals surface area (Å²) in [5.74, 6) is 0.111. The number of rotatable bonds is 0. The minimum atomic E-state index is -0.734. The molecule has 4 heterocycles. The zero-order valence-corrected chi connectivity index (χ0v) is 24.6. The van der Waals surface area contributed by atoms with Crippen LogP contribution in [-0.2, 0) is 19.1 Å². The Bertz CT molecular complexity index is 1400. The van der Waals surface area contributed by atoms with Gasteiger partial charge in [0.15, 0.2) is 11.5 Å². The lowest BCUT2D eigenvalue weighted by Gasteiger charge is -2.52. The van der Waals surface area contributed by atoms with Crippen molar-refractivity contribution in [1.82, 2.24) is 0 Å². The SMILES string of the molecule is CC1(C)OC2=C(C(=O)C3=C(C2=O)[C@@H]2c4cc(Br)ccc4OC[C@@H]2C(C)(C)O3)[C@H]2c3cc(Br)ccc3OC[C@H]21. The van der Waals surface area contributed by atoms with E-state index in [4.69, 9.17) is 18.9 Å². The van der Waals surface area contributed by atoms with Crippen LogP contribution in [-0.4, -0.2) is 36.0 Å². The molecule has 196 valence electrons. The highest BCUT2D eigenvalue weighted by atomic mass is 79.9. The predicted octanol–water partition coefficient (Wildman–Crippen LogP) is 6.37. The van der Waals surface area contributed by atoms with Crippen LogP contribution in [0.1, 0.15) is 50.7 Å². The molecule has 0 unspecified atom stereocenters. The highest BCUT2D eigenvalue weighted by Crippen LogP contribution is 2.58. The number of Topliss-reactive ketones (excluding diaryl/α,β-unsaturated/α-hetero) is 2. The van der Waals surface area contributed by atoms with Crippen molar-refractivity contribution in [2.24, 2.45) is 11.8 Å². The Morgan fingerprint density at radius 3 is 1.47 bits per heavy atom. The summed E-state index contributed by atoms with van der Waals surface area (Å²) in [5, 5.41) is 0. The lowest BCUT2D eigenvalue weighted by atomic mass is 9.63. The Kier molecular flexibility index (Phi) is 5.13. The molecular formula is C30H26Br2O6. The molecule has 38 heavy (non-hydrogen) atoms. The van der Waals surface area contributed by atoms with Crippen molar-refractivity contribution in [3.05, 3.63) is 79.1 Å². The molecule has 0 saturated carbocycles. The number of allylic oxidation sites excluding steroid dienone is 2. The van der Waals surface area contributed by atoms with Gasteiger partial charge in [-0.2, -0.15) is 0 Å². The number of halogens is 2. The number of hydrogen-bond acceptors (Lipinski definition) is 6. The third-order valence-electron chi connectivity index (χ3n) is 8.78. The number of hydrogen-bond donors (Lipinski definition) is 0. The Morgan fingerprint density at radius 1 is 0.684 bits per heavy atom. The first kappa shape index (κ1) is 24.5. The van der Waals surface area contributed by atoms with Gasteiger partial charge in [-0.3, -0.25) is 9.59 Å². The van der Waals surface area contributed by atoms with Crippen LogP contribution < -0.4 is 9.47 Å². The van der Waals surface area contributed by atoms with Gasteiger partial charge in [-0.05, 0) is 64.1 Å². The molecular weight excluding hydrogens is 616 g/mol. The normalized spacial score (nSPS) is 29.7. The molecule has 6 nitrogen and oxygen atoms in total. The van der Waals surface area contributed by atoms with Crippen molar-refractivity contribution in [1.29, 1.82) is 0 Å². The second kappa shape index (κ2) is 7.98. The van der Waals surface area contributed by atoms with E-state index < -0.39 is 11.2 Å². The van der Waals surface area contributed by atoms with E-state index in [0.29, 0.717) is 35.9 Å². The molecule has 0 fully saturated rings. The molecule has 2 aromatic carbocycles. The first-order chi connectivity index (χ1) is 18.0. The molecule has 5 aliphatic rings. The van der Waals surface area contributed by atoms with Crippen LogP contribution in [0, 0.1) is 11.8 Å².